The van der Waals surface area contributed by atoms with E-state index < -0.39 is 0 Å². The lowest BCUT2D eigenvalue weighted by Crippen LogP contribution is -2.25. The van der Waals surface area contributed by atoms with Crippen LogP contribution in [0, 0.1) is 17.1 Å². The molecule has 0 saturated carbocycles. The predicted octanol–water partition coefficient (Wildman–Crippen LogP) is 1.85. The number of benzene rings is 1. The smallest absolute Gasteiger partial charge is 0.123 e. The first-order valence-corrected chi connectivity index (χ1v) is 5.75. The van der Waals surface area contributed by atoms with Crippen LogP contribution in [0.3, 0.4) is 0 Å². The van der Waals surface area contributed by atoms with Gasteiger partial charge in [-0.05, 0) is 24.1 Å². The van der Waals surface area contributed by atoms with E-state index >= 15 is 0 Å². The topological polar surface area (TPSA) is 47.3 Å². The van der Waals surface area contributed by atoms with Crippen molar-refractivity contribution in [3.05, 3.63) is 35.6 Å². The van der Waals surface area contributed by atoms with Crippen molar-refractivity contribution in [1.82, 2.24) is 4.90 Å². The van der Waals surface area contributed by atoms with Crippen LogP contribution in [0.2, 0.25) is 0 Å². The zero-order valence-electron chi connectivity index (χ0n) is 9.51. The molecule has 1 aromatic carbocycles. The highest BCUT2D eigenvalue weighted by atomic mass is 19.1. The quantitative estimate of drug-likeness (QED) is 0.868. The van der Waals surface area contributed by atoms with E-state index in [-0.39, 0.29) is 18.0 Å². The number of halogens is 1. The molecule has 3 nitrogen and oxygen atoms in total. The van der Waals surface area contributed by atoms with E-state index in [1.807, 2.05) is 0 Å². The fourth-order valence-electron chi connectivity index (χ4n) is 2.35. The Bertz CT molecular complexity index is 412. The van der Waals surface area contributed by atoms with Gasteiger partial charge in [0.25, 0.3) is 0 Å². The fraction of sp³-hybridized carbons (Fsp3) is 0.462. The summed E-state index contributed by atoms with van der Waals surface area (Å²) in [5.41, 5.74) is 1.00. The normalized spacial score (nSPS) is 24.8. The van der Waals surface area contributed by atoms with Crippen molar-refractivity contribution in [3.8, 4) is 6.07 Å². The van der Waals surface area contributed by atoms with Crippen molar-refractivity contribution >= 4 is 0 Å². The van der Waals surface area contributed by atoms with Crippen molar-refractivity contribution in [2.75, 3.05) is 13.1 Å². The lowest BCUT2D eigenvalue weighted by atomic mass is 10.0. The van der Waals surface area contributed by atoms with Gasteiger partial charge in [-0.1, -0.05) is 12.1 Å². The van der Waals surface area contributed by atoms with E-state index in [1.165, 1.54) is 12.1 Å². The molecular weight excluding hydrogens is 219 g/mol. The summed E-state index contributed by atoms with van der Waals surface area (Å²) in [5, 5.41) is 18.3. The van der Waals surface area contributed by atoms with Gasteiger partial charge in [0.1, 0.15) is 5.82 Å². The van der Waals surface area contributed by atoms with Gasteiger partial charge in [-0.2, -0.15) is 5.26 Å². The molecule has 1 aliphatic heterocycles. The average molecular weight is 234 g/mol. The van der Waals surface area contributed by atoms with Crippen LogP contribution >= 0.6 is 0 Å². The Hall–Kier alpha value is -1.44. The van der Waals surface area contributed by atoms with Crippen LogP contribution in [-0.2, 0) is 0 Å². The minimum absolute atomic E-state index is 0.0962. The standard InChI is InChI=1S/C13H15FN2O/c14-11-4-2-10(3-5-11)13-8-12(17)9-16(13)7-1-6-15/h2-5,12-13,17H,1,7-9H2/t12-,13+/m1/s1. The number of hydrogen-bond donors (Lipinski definition) is 1. The molecule has 0 spiro atoms. The van der Waals surface area contributed by atoms with Gasteiger partial charge in [0.05, 0.1) is 12.2 Å². The Morgan fingerprint density at radius 2 is 2.12 bits per heavy atom. The van der Waals surface area contributed by atoms with E-state index in [0.29, 0.717) is 25.9 Å². The molecule has 1 fully saturated rings. The lowest BCUT2D eigenvalue weighted by Gasteiger charge is -2.23. The minimum Gasteiger partial charge on any atom is -0.392 e. The number of aliphatic hydroxyl groups excluding tert-OH is 1. The molecule has 1 aliphatic rings. The minimum atomic E-state index is -0.358. The number of nitriles is 1. The second kappa shape index (κ2) is 5.26. The first-order chi connectivity index (χ1) is 8.20. The van der Waals surface area contributed by atoms with Gasteiger partial charge < -0.3 is 5.11 Å². The molecule has 2 atom stereocenters. The summed E-state index contributed by atoms with van der Waals surface area (Å²) in [4.78, 5) is 2.08. The van der Waals surface area contributed by atoms with Crippen LogP contribution in [0.25, 0.3) is 0 Å². The number of hydrogen-bond acceptors (Lipinski definition) is 3. The molecule has 0 amide bonds. The van der Waals surface area contributed by atoms with E-state index in [0.717, 1.165) is 5.56 Å². The summed E-state index contributed by atoms with van der Waals surface area (Å²) >= 11 is 0. The van der Waals surface area contributed by atoms with Crippen molar-refractivity contribution in [3.63, 3.8) is 0 Å². The second-order valence-corrected chi connectivity index (χ2v) is 4.36. The maximum Gasteiger partial charge on any atom is 0.123 e. The molecule has 0 aliphatic carbocycles. The molecule has 1 N–H and O–H groups in total. The molecule has 1 aromatic rings. The Morgan fingerprint density at radius 3 is 2.76 bits per heavy atom. The number of β-amino-alcohol motifs (C(OH)–C–C–N with tert-alkyl or cyclic N) is 1. The summed E-state index contributed by atoms with van der Waals surface area (Å²) < 4.78 is 12.8. The van der Waals surface area contributed by atoms with Gasteiger partial charge in [0.2, 0.25) is 0 Å². The van der Waals surface area contributed by atoms with Crippen molar-refractivity contribution in [2.24, 2.45) is 0 Å². The molecular formula is C13H15FN2O. The molecule has 0 unspecified atom stereocenters. The van der Waals surface area contributed by atoms with Gasteiger partial charge in [0, 0.05) is 25.6 Å². The van der Waals surface area contributed by atoms with Crippen LogP contribution in [0.5, 0.6) is 0 Å². The maximum absolute atomic E-state index is 12.8. The maximum atomic E-state index is 12.8. The summed E-state index contributed by atoms with van der Waals surface area (Å²) in [6.45, 7) is 1.24. The van der Waals surface area contributed by atoms with E-state index in [2.05, 4.69) is 11.0 Å². The first kappa shape index (κ1) is 12.0. The number of rotatable bonds is 3. The number of nitrogens with zero attached hydrogens (tertiary/aromatic N) is 2. The third-order valence-electron chi connectivity index (χ3n) is 3.15. The highest BCUT2D eigenvalue weighted by Crippen LogP contribution is 2.32. The lowest BCUT2D eigenvalue weighted by molar-refractivity contribution is 0.176. The molecule has 17 heavy (non-hydrogen) atoms. The Morgan fingerprint density at radius 1 is 1.41 bits per heavy atom. The molecule has 4 heteroatoms. The van der Waals surface area contributed by atoms with Crippen molar-refractivity contribution in [1.29, 1.82) is 5.26 Å². The predicted molar refractivity (Wildman–Crippen MR) is 61.6 cm³/mol. The third kappa shape index (κ3) is 2.82. The summed E-state index contributed by atoms with van der Waals surface area (Å²) in [7, 11) is 0. The molecule has 1 saturated heterocycles. The first-order valence-electron chi connectivity index (χ1n) is 5.75. The second-order valence-electron chi connectivity index (χ2n) is 4.36. The van der Waals surface area contributed by atoms with Gasteiger partial charge >= 0.3 is 0 Å². The van der Waals surface area contributed by atoms with Crippen LogP contribution in [0.1, 0.15) is 24.4 Å². The number of aliphatic hydroxyl groups is 1. The van der Waals surface area contributed by atoms with Crippen molar-refractivity contribution < 1.29 is 9.50 Å². The van der Waals surface area contributed by atoms with Crippen LogP contribution in [0.4, 0.5) is 4.39 Å². The molecule has 90 valence electrons. The van der Waals surface area contributed by atoms with Gasteiger partial charge in [-0.15, -0.1) is 0 Å². The van der Waals surface area contributed by atoms with E-state index in [1.54, 1.807) is 12.1 Å². The zero-order valence-corrected chi connectivity index (χ0v) is 9.51. The van der Waals surface area contributed by atoms with Crippen LogP contribution in [-0.4, -0.2) is 29.2 Å². The van der Waals surface area contributed by atoms with E-state index in [9.17, 15) is 9.50 Å². The Labute approximate surface area is 100 Å². The van der Waals surface area contributed by atoms with Gasteiger partial charge in [-0.3, -0.25) is 4.90 Å². The summed E-state index contributed by atoms with van der Waals surface area (Å²) in [6, 6.07) is 8.56. The largest absolute Gasteiger partial charge is 0.392 e. The third-order valence-corrected chi connectivity index (χ3v) is 3.15. The summed E-state index contributed by atoms with van der Waals surface area (Å²) in [6.07, 6.45) is 0.741. The van der Waals surface area contributed by atoms with Crippen LogP contribution < -0.4 is 0 Å². The van der Waals surface area contributed by atoms with Gasteiger partial charge in [-0.25, -0.2) is 4.39 Å². The summed E-state index contributed by atoms with van der Waals surface area (Å²) in [5.74, 6) is -0.254. The Kier molecular flexibility index (Phi) is 3.72. The SMILES string of the molecule is N#CCCN1C[C@H](O)C[C@H]1c1ccc(F)cc1. The average Bonchev–Trinajstić information content (AvgIpc) is 2.69. The molecule has 0 bridgehead atoms. The molecule has 2 rings (SSSR count). The molecule has 0 aromatic heterocycles. The molecule has 1 heterocycles. The highest BCUT2D eigenvalue weighted by Gasteiger charge is 2.31. The fourth-order valence-corrected chi connectivity index (χ4v) is 2.35. The molecule has 0 radical (unpaired) electrons. The van der Waals surface area contributed by atoms with E-state index in [4.69, 9.17) is 5.26 Å². The van der Waals surface area contributed by atoms with Crippen molar-refractivity contribution in [2.45, 2.75) is 25.0 Å². The highest BCUT2D eigenvalue weighted by molar-refractivity contribution is 5.21. The van der Waals surface area contributed by atoms with Crippen LogP contribution in [0.15, 0.2) is 24.3 Å². The monoisotopic (exact) mass is 234 g/mol. The van der Waals surface area contributed by atoms with Gasteiger partial charge in [0.15, 0.2) is 0 Å². The number of likely N-dealkylation sites (tertiary alicyclic amines) is 1. The Balaban J connectivity index is 2.12. The zero-order chi connectivity index (χ0) is 12.3.